The number of aromatic hydroxyl groups is 1. The van der Waals surface area contributed by atoms with Gasteiger partial charge in [0.15, 0.2) is 5.11 Å². The number of nitrogens with zero attached hydrogens (tertiary/aromatic N) is 1. The molecule has 0 saturated carbocycles. The smallest absolute Gasteiger partial charge is 0.238 e. The summed E-state index contributed by atoms with van der Waals surface area (Å²) in [6, 6.07) is 13.0. The number of halogens is 1. The molecule has 0 bridgehead atoms. The summed E-state index contributed by atoms with van der Waals surface area (Å²) in [6.07, 6.45) is 0. The highest BCUT2D eigenvalue weighted by atomic mass is 35.5. The number of thiocarbonyl (C=S) groups is 1. The van der Waals surface area contributed by atoms with E-state index in [1.807, 2.05) is 17.5 Å². The Bertz CT molecular complexity index is 1200. The Morgan fingerprint density at radius 2 is 1.80 bits per heavy atom. The van der Waals surface area contributed by atoms with E-state index in [2.05, 4.69) is 15.8 Å². The third kappa shape index (κ3) is 5.35. The minimum atomic E-state index is -3.75. The van der Waals surface area contributed by atoms with Crippen LogP contribution in [0.2, 0.25) is 5.02 Å². The quantitative estimate of drug-likeness (QED) is 0.248. The highest BCUT2D eigenvalue weighted by Crippen LogP contribution is 2.38. The Hall–Kier alpha value is -2.50. The number of anilines is 1. The molecule has 0 amide bonds. The maximum atomic E-state index is 11.3. The van der Waals surface area contributed by atoms with E-state index in [0.717, 1.165) is 5.56 Å². The SMILES string of the molecule is C/C(=N\NC(=S)Nc1ccc(S(N)(=O)=O)cc1)c1csc(-c2ccc(Cl)cc2)c1O. The number of hydrazone groups is 1. The molecule has 2 aromatic carbocycles. The van der Waals surface area contributed by atoms with Crippen molar-refractivity contribution in [1.29, 1.82) is 0 Å². The number of benzene rings is 2. The number of nitrogens with two attached hydrogens (primary N) is 1. The van der Waals surface area contributed by atoms with Gasteiger partial charge in [0.25, 0.3) is 0 Å². The van der Waals surface area contributed by atoms with Crippen LogP contribution in [0.25, 0.3) is 10.4 Å². The Morgan fingerprint density at radius 3 is 2.40 bits per heavy atom. The van der Waals surface area contributed by atoms with Gasteiger partial charge in [0.1, 0.15) is 5.75 Å². The summed E-state index contributed by atoms with van der Waals surface area (Å²) < 4.78 is 22.6. The minimum Gasteiger partial charge on any atom is -0.506 e. The highest BCUT2D eigenvalue weighted by molar-refractivity contribution is 7.89. The molecule has 0 aliphatic rings. The van der Waals surface area contributed by atoms with Gasteiger partial charge in [-0.1, -0.05) is 23.7 Å². The number of thiophene rings is 1. The first-order valence-corrected chi connectivity index (χ1v) is 11.7. The Labute approximate surface area is 188 Å². The second kappa shape index (κ2) is 9.11. The van der Waals surface area contributed by atoms with E-state index >= 15 is 0 Å². The van der Waals surface area contributed by atoms with Crippen LogP contribution in [0.5, 0.6) is 5.75 Å². The van der Waals surface area contributed by atoms with Gasteiger partial charge in [-0.05, 0) is 61.1 Å². The average Bonchev–Trinajstić information content (AvgIpc) is 3.08. The molecule has 0 saturated heterocycles. The standard InChI is InChI=1S/C19H17ClN4O3S3/c1-11(16-10-29-18(17(16)25)12-2-4-13(20)5-3-12)23-24-19(28)22-14-6-8-15(9-7-14)30(21,26)27/h2-10,25H,1H3,(H2,21,26,27)(H2,22,24,28)/b23-11+. The Morgan fingerprint density at radius 1 is 1.17 bits per heavy atom. The third-order valence-electron chi connectivity index (χ3n) is 4.03. The van der Waals surface area contributed by atoms with Gasteiger partial charge in [-0.3, -0.25) is 5.43 Å². The molecule has 0 radical (unpaired) electrons. The number of rotatable bonds is 5. The lowest BCUT2D eigenvalue weighted by Crippen LogP contribution is -2.25. The molecular weight excluding hydrogens is 464 g/mol. The van der Waals surface area contributed by atoms with Gasteiger partial charge < -0.3 is 10.4 Å². The second-order valence-electron chi connectivity index (χ2n) is 6.17. The average molecular weight is 481 g/mol. The van der Waals surface area contributed by atoms with Crippen molar-refractivity contribution in [3.8, 4) is 16.2 Å². The first-order valence-electron chi connectivity index (χ1n) is 8.46. The van der Waals surface area contributed by atoms with E-state index in [0.29, 0.717) is 26.9 Å². The minimum absolute atomic E-state index is 0.00483. The van der Waals surface area contributed by atoms with Crippen molar-refractivity contribution in [3.63, 3.8) is 0 Å². The Balaban J connectivity index is 1.67. The fraction of sp³-hybridized carbons (Fsp3) is 0.0526. The Kier molecular flexibility index (Phi) is 6.74. The van der Waals surface area contributed by atoms with Crippen molar-refractivity contribution >= 4 is 61.7 Å². The lowest BCUT2D eigenvalue weighted by atomic mass is 10.1. The van der Waals surface area contributed by atoms with Crippen LogP contribution < -0.4 is 15.9 Å². The van der Waals surface area contributed by atoms with Crippen LogP contribution >= 0.6 is 35.2 Å². The van der Waals surface area contributed by atoms with Crippen LogP contribution in [0, 0.1) is 0 Å². The normalized spacial score (nSPS) is 11.9. The van der Waals surface area contributed by atoms with Crippen molar-refractivity contribution in [3.05, 3.63) is 64.5 Å². The summed E-state index contributed by atoms with van der Waals surface area (Å²) in [5, 5.41) is 25.4. The number of hydrogen-bond acceptors (Lipinski definition) is 6. The molecule has 0 aliphatic carbocycles. The van der Waals surface area contributed by atoms with Crippen LogP contribution in [0.1, 0.15) is 12.5 Å². The molecular formula is C19H17ClN4O3S3. The lowest BCUT2D eigenvalue weighted by Gasteiger charge is -2.08. The van der Waals surface area contributed by atoms with Gasteiger partial charge in [-0.2, -0.15) is 5.10 Å². The molecule has 5 N–H and O–H groups in total. The topological polar surface area (TPSA) is 117 Å². The molecule has 11 heteroatoms. The van der Waals surface area contributed by atoms with Crippen LogP contribution in [0.15, 0.2) is 63.9 Å². The zero-order valence-corrected chi connectivity index (χ0v) is 18.8. The summed E-state index contributed by atoms with van der Waals surface area (Å²) in [5.74, 6) is 0.128. The molecule has 7 nitrogen and oxygen atoms in total. The number of nitrogens with one attached hydrogen (secondary N) is 2. The largest absolute Gasteiger partial charge is 0.506 e. The van der Waals surface area contributed by atoms with E-state index in [-0.39, 0.29) is 15.8 Å². The van der Waals surface area contributed by atoms with Gasteiger partial charge in [0, 0.05) is 16.1 Å². The van der Waals surface area contributed by atoms with Crippen molar-refractivity contribution < 1.29 is 13.5 Å². The summed E-state index contributed by atoms with van der Waals surface area (Å²) >= 11 is 12.5. The molecule has 156 valence electrons. The van der Waals surface area contributed by atoms with Crippen LogP contribution in [0.3, 0.4) is 0 Å². The number of hydrogen-bond donors (Lipinski definition) is 4. The van der Waals surface area contributed by atoms with Gasteiger partial charge in [0.2, 0.25) is 10.0 Å². The summed E-state index contributed by atoms with van der Waals surface area (Å²) in [4.78, 5) is 0.720. The predicted molar refractivity (Wildman–Crippen MR) is 126 cm³/mol. The van der Waals surface area contributed by atoms with E-state index in [1.165, 1.54) is 35.6 Å². The molecule has 0 aliphatic heterocycles. The highest BCUT2D eigenvalue weighted by Gasteiger charge is 2.15. The molecule has 1 aromatic heterocycles. The van der Waals surface area contributed by atoms with Crippen molar-refractivity contribution in [2.75, 3.05) is 5.32 Å². The zero-order valence-electron chi connectivity index (χ0n) is 15.6. The fourth-order valence-electron chi connectivity index (χ4n) is 2.50. The van der Waals surface area contributed by atoms with Crippen molar-refractivity contribution in [1.82, 2.24) is 5.43 Å². The van der Waals surface area contributed by atoms with E-state index in [4.69, 9.17) is 29.0 Å². The lowest BCUT2D eigenvalue weighted by molar-refractivity contribution is 0.478. The van der Waals surface area contributed by atoms with Gasteiger partial charge in [-0.15, -0.1) is 11.3 Å². The maximum absolute atomic E-state index is 11.3. The molecule has 3 rings (SSSR count). The molecule has 3 aromatic rings. The zero-order chi connectivity index (χ0) is 21.9. The van der Waals surface area contributed by atoms with E-state index in [9.17, 15) is 13.5 Å². The van der Waals surface area contributed by atoms with E-state index < -0.39 is 10.0 Å². The summed E-state index contributed by atoms with van der Waals surface area (Å²) in [5.41, 5.74) is 5.24. The molecule has 0 spiro atoms. The fourth-order valence-corrected chi connectivity index (χ4v) is 4.31. The molecule has 0 atom stereocenters. The third-order valence-corrected chi connectivity index (χ3v) is 6.42. The second-order valence-corrected chi connectivity index (χ2v) is 9.45. The van der Waals surface area contributed by atoms with Gasteiger partial charge in [-0.25, -0.2) is 13.6 Å². The van der Waals surface area contributed by atoms with Crippen LogP contribution in [-0.2, 0) is 10.0 Å². The van der Waals surface area contributed by atoms with Crippen molar-refractivity contribution in [2.24, 2.45) is 10.2 Å². The number of primary sulfonamides is 1. The molecule has 0 fully saturated rings. The molecule has 30 heavy (non-hydrogen) atoms. The first-order chi connectivity index (χ1) is 14.1. The van der Waals surface area contributed by atoms with Crippen LogP contribution in [-0.4, -0.2) is 24.3 Å². The predicted octanol–water partition coefficient (Wildman–Crippen LogP) is 4.13. The molecule has 1 heterocycles. The number of sulfonamides is 1. The van der Waals surface area contributed by atoms with Crippen molar-refractivity contribution in [2.45, 2.75) is 11.8 Å². The molecule has 0 unspecified atom stereocenters. The van der Waals surface area contributed by atoms with Crippen LogP contribution in [0.4, 0.5) is 5.69 Å². The maximum Gasteiger partial charge on any atom is 0.238 e. The monoisotopic (exact) mass is 480 g/mol. The van der Waals surface area contributed by atoms with E-state index in [1.54, 1.807) is 19.1 Å². The van der Waals surface area contributed by atoms with Gasteiger partial charge in [0.05, 0.1) is 21.0 Å². The first kappa shape index (κ1) is 22.2. The van der Waals surface area contributed by atoms with Gasteiger partial charge >= 0.3 is 0 Å². The summed E-state index contributed by atoms with van der Waals surface area (Å²) in [7, 11) is -3.75. The summed E-state index contributed by atoms with van der Waals surface area (Å²) in [6.45, 7) is 1.74.